The predicted octanol–water partition coefficient (Wildman–Crippen LogP) is 11.2. The Kier molecular flexibility index (Phi) is 5.58. The van der Waals surface area contributed by atoms with E-state index in [-0.39, 0.29) is 5.41 Å². The first-order chi connectivity index (χ1) is 22.0. The lowest BCUT2D eigenvalue weighted by molar-refractivity contribution is 0.661. The average molecular weight is 575 g/mol. The lowest BCUT2D eigenvalue weighted by Crippen LogP contribution is -2.15. The minimum absolute atomic E-state index is 0.116. The fourth-order valence-corrected chi connectivity index (χ4v) is 7.18. The summed E-state index contributed by atoms with van der Waals surface area (Å²) in [4.78, 5) is 10.3. The lowest BCUT2D eigenvalue weighted by atomic mass is 9.81. The summed E-state index contributed by atoms with van der Waals surface area (Å²) < 4.78 is 0. The summed E-state index contributed by atoms with van der Waals surface area (Å²) in [6, 6.07) is 52.4. The fraction of sp³-hybridized carbons (Fsp3) is 0.0698. The minimum Gasteiger partial charge on any atom is -0.228 e. The molecular formula is C43H30N2. The Labute approximate surface area is 262 Å². The van der Waals surface area contributed by atoms with Gasteiger partial charge in [-0.05, 0) is 85.3 Å². The summed E-state index contributed by atoms with van der Waals surface area (Å²) in [5.41, 5.74) is 11.7. The van der Waals surface area contributed by atoms with Crippen LogP contribution in [-0.2, 0) is 5.41 Å². The average Bonchev–Trinajstić information content (AvgIpc) is 3.31. The molecule has 0 radical (unpaired) electrons. The van der Waals surface area contributed by atoms with Gasteiger partial charge in [-0.2, -0.15) is 0 Å². The second kappa shape index (κ2) is 9.70. The third-order valence-corrected chi connectivity index (χ3v) is 9.64. The molecule has 1 heterocycles. The second-order valence-electron chi connectivity index (χ2n) is 12.7. The molecule has 0 N–H and O–H groups in total. The zero-order valence-corrected chi connectivity index (χ0v) is 25.3. The molecule has 0 fully saturated rings. The third-order valence-electron chi connectivity index (χ3n) is 9.64. The zero-order valence-electron chi connectivity index (χ0n) is 25.3. The molecule has 0 saturated carbocycles. The molecular weight excluding hydrogens is 544 g/mol. The normalized spacial score (nSPS) is 13.3. The molecule has 7 aromatic carbocycles. The molecule has 0 aliphatic heterocycles. The molecule has 0 spiro atoms. The van der Waals surface area contributed by atoms with Crippen LogP contribution in [0.25, 0.3) is 77.3 Å². The number of benzene rings is 7. The zero-order chi connectivity index (χ0) is 30.1. The molecule has 0 bridgehead atoms. The topological polar surface area (TPSA) is 25.8 Å². The van der Waals surface area contributed by atoms with Gasteiger partial charge >= 0.3 is 0 Å². The first-order valence-corrected chi connectivity index (χ1v) is 15.6. The molecule has 0 amide bonds. The molecule has 1 aliphatic rings. The van der Waals surface area contributed by atoms with E-state index in [1.807, 2.05) is 0 Å². The quantitative estimate of drug-likeness (QED) is 0.210. The van der Waals surface area contributed by atoms with Crippen molar-refractivity contribution in [2.75, 3.05) is 0 Å². The minimum atomic E-state index is -0.116. The van der Waals surface area contributed by atoms with Crippen LogP contribution in [0.5, 0.6) is 0 Å². The molecule has 0 saturated heterocycles. The highest BCUT2D eigenvalue weighted by molar-refractivity contribution is 5.97. The van der Waals surface area contributed by atoms with E-state index in [0.717, 1.165) is 33.5 Å². The van der Waals surface area contributed by atoms with Gasteiger partial charge in [0, 0.05) is 21.9 Å². The van der Waals surface area contributed by atoms with Gasteiger partial charge in [-0.3, -0.25) is 0 Å². The highest BCUT2D eigenvalue weighted by Gasteiger charge is 2.36. The molecule has 2 heteroatoms. The van der Waals surface area contributed by atoms with E-state index < -0.39 is 0 Å². The lowest BCUT2D eigenvalue weighted by Gasteiger charge is -2.22. The summed E-state index contributed by atoms with van der Waals surface area (Å²) in [6.45, 7) is 4.69. The molecule has 0 unspecified atom stereocenters. The van der Waals surface area contributed by atoms with Crippen LogP contribution in [0.1, 0.15) is 25.0 Å². The van der Waals surface area contributed by atoms with Crippen LogP contribution in [0.2, 0.25) is 0 Å². The van der Waals surface area contributed by atoms with E-state index in [1.165, 1.54) is 54.9 Å². The first kappa shape index (κ1) is 25.9. The highest BCUT2D eigenvalue weighted by atomic mass is 14.9. The Hall–Kier alpha value is -5.60. The van der Waals surface area contributed by atoms with Crippen molar-refractivity contribution >= 4 is 32.4 Å². The van der Waals surface area contributed by atoms with E-state index in [1.54, 1.807) is 0 Å². The van der Waals surface area contributed by atoms with Crippen LogP contribution in [-0.4, -0.2) is 9.97 Å². The van der Waals surface area contributed by atoms with Gasteiger partial charge < -0.3 is 0 Å². The van der Waals surface area contributed by atoms with E-state index in [0.29, 0.717) is 0 Å². The molecule has 1 aliphatic carbocycles. The van der Waals surface area contributed by atoms with Crippen molar-refractivity contribution in [2.24, 2.45) is 0 Å². The van der Waals surface area contributed by atoms with Crippen molar-refractivity contribution in [3.05, 3.63) is 157 Å². The largest absolute Gasteiger partial charge is 0.228 e. The number of hydrogen-bond acceptors (Lipinski definition) is 2. The Bertz CT molecular complexity index is 2450. The van der Waals surface area contributed by atoms with Crippen molar-refractivity contribution in [2.45, 2.75) is 19.3 Å². The van der Waals surface area contributed by atoms with Gasteiger partial charge in [0.1, 0.15) is 0 Å². The molecule has 9 rings (SSSR count). The van der Waals surface area contributed by atoms with Crippen molar-refractivity contribution in [1.29, 1.82) is 0 Å². The molecule has 2 nitrogen and oxygen atoms in total. The summed E-state index contributed by atoms with van der Waals surface area (Å²) in [7, 11) is 0. The maximum atomic E-state index is 5.24. The maximum absolute atomic E-state index is 5.24. The van der Waals surface area contributed by atoms with Crippen molar-refractivity contribution in [3.63, 3.8) is 0 Å². The number of nitrogens with zero attached hydrogens (tertiary/aromatic N) is 2. The van der Waals surface area contributed by atoms with Gasteiger partial charge in [0.2, 0.25) is 0 Å². The molecule has 1 aromatic heterocycles. The van der Waals surface area contributed by atoms with Crippen molar-refractivity contribution < 1.29 is 0 Å². The Balaban J connectivity index is 1.15. The van der Waals surface area contributed by atoms with Gasteiger partial charge in [-0.25, -0.2) is 9.97 Å². The third kappa shape index (κ3) is 4.10. The summed E-state index contributed by atoms with van der Waals surface area (Å²) in [5, 5.41) is 6.13. The van der Waals surface area contributed by atoms with Crippen molar-refractivity contribution in [1.82, 2.24) is 9.97 Å². The van der Waals surface area contributed by atoms with Crippen LogP contribution < -0.4 is 0 Å². The number of hydrogen-bond donors (Lipinski definition) is 0. The van der Waals surface area contributed by atoms with Gasteiger partial charge in [-0.15, -0.1) is 0 Å². The molecule has 0 atom stereocenters. The van der Waals surface area contributed by atoms with Crippen LogP contribution >= 0.6 is 0 Å². The predicted molar refractivity (Wildman–Crippen MR) is 188 cm³/mol. The van der Waals surface area contributed by atoms with Crippen LogP contribution in [0.4, 0.5) is 0 Å². The van der Waals surface area contributed by atoms with Crippen LogP contribution in [0, 0.1) is 0 Å². The smallest absolute Gasteiger partial charge is 0.160 e. The van der Waals surface area contributed by atoms with Gasteiger partial charge in [-0.1, -0.05) is 129 Å². The number of fused-ring (bicyclic) bond motifs is 6. The molecule has 45 heavy (non-hydrogen) atoms. The molecule has 8 aromatic rings. The summed E-state index contributed by atoms with van der Waals surface area (Å²) in [6.07, 6.45) is 0. The van der Waals surface area contributed by atoms with E-state index in [4.69, 9.17) is 9.97 Å². The van der Waals surface area contributed by atoms with Gasteiger partial charge in [0.25, 0.3) is 0 Å². The highest BCUT2D eigenvalue weighted by Crippen LogP contribution is 2.51. The maximum Gasteiger partial charge on any atom is 0.160 e. The Morgan fingerprint density at radius 1 is 0.422 bits per heavy atom. The molecule has 212 valence electrons. The van der Waals surface area contributed by atoms with Gasteiger partial charge in [0.15, 0.2) is 5.82 Å². The van der Waals surface area contributed by atoms with E-state index >= 15 is 0 Å². The SMILES string of the molecule is CC1(C)c2cc(-c3nc(-c4ccc(-c5ccc6ccccc6c5)cc4)nc4ccccc34)ccc2-c2cc3ccccc3cc21. The van der Waals surface area contributed by atoms with Crippen molar-refractivity contribution in [3.8, 4) is 44.9 Å². The Morgan fingerprint density at radius 2 is 1.02 bits per heavy atom. The second-order valence-corrected chi connectivity index (χ2v) is 12.7. The Morgan fingerprint density at radius 3 is 1.82 bits per heavy atom. The van der Waals surface area contributed by atoms with Crippen LogP contribution in [0.3, 0.4) is 0 Å². The van der Waals surface area contributed by atoms with Gasteiger partial charge in [0.05, 0.1) is 11.2 Å². The number of aromatic nitrogens is 2. The first-order valence-electron chi connectivity index (χ1n) is 15.6. The summed E-state index contributed by atoms with van der Waals surface area (Å²) >= 11 is 0. The van der Waals surface area contributed by atoms with Crippen LogP contribution in [0.15, 0.2) is 146 Å². The standard InChI is InChI=1S/C43H30N2/c1-43(2)38-26-34(21-22-35(38)37-24-31-11-5-6-12-32(31)25-39(37)43)41-36-13-7-8-14-40(36)44-42(45-41)29-18-15-28(16-19-29)33-20-17-27-9-3-4-10-30(27)23-33/h3-26H,1-2H3. The van der Waals surface area contributed by atoms with E-state index in [9.17, 15) is 0 Å². The fourth-order valence-electron chi connectivity index (χ4n) is 7.18. The monoisotopic (exact) mass is 574 g/mol. The number of para-hydroxylation sites is 1. The van der Waals surface area contributed by atoms with E-state index in [2.05, 4.69) is 159 Å². The number of rotatable bonds is 3. The summed E-state index contributed by atoms with van der Waals surface area (Å²) in [5.74, 6) is 0.739.